The number of thiophene rings is 1. The minimum absolute atomic E-state index is 0.0265. The standard InChI is InChI=1S/C21H20F3N3O5S/c1-12-13(2)33-19-18(12)20(30)27(11-26-19)8-7-17(29)31-10-16(28)25-9-14-5-3-4-6-15(14)32-21(22,23)24/h3-6,11H,7-10H2,1-2H3,(H,25,28). The Morgan fingerprint density at radius 3 is 2.67 bits per heavy atom. The van der Waals surface area contributed by atoms with Gasteiger partial charge in [-0.2, -0.15) is 0 Å². The van der Waals surface area contributed by atoms with Crippen LogP contribution in [0.5, 0.6) is 5.75 Å². The predicted molar refractivity (Wildman–Crippen MR) is 114 cm³/mol. The first-order valence-electron chi connectivity index (χ1n) is 9.76. The molecule has 8 nitrogen and oxygen atoms in total. The molecule has 2 heterocycles. The summed E-state index contributed by atoms with van der Waals surface area (Å²) in [7, 11) is 0. The topological polar surface area (TPSA) is 99.5 Å². The Kier molecular flexibility index (Phi) is 7.36. The largest absolute Gasteiger partial charge is 0.573 e. The maximum absolute atomic E-state index is 12.6. The number of carbonyl (C=O) groups is 2. The predicted octanol–water partition coefficient (Wildman–Crippen LogP) is 3.22. The summed E-state index contributed by atoms with van der Waals surface area (Å²) in [6.07, 6.45) is -3.66. The molecule has 3 rings (SSSR count). The molecule has 0 radical (unpaired) electrons. The fourth-order valence-corrected chi connectivity index (χ4v) is 3.97. The number of carbonyl (C=O) groups excluding carboxylic acids is 2. The highest BCUT2D eigenvalue weighted by molar-refractivity contribution is 7.18. The van der Waals surface area contributed by atoms with E-state index in [1.165, 1.54) is 40.4 Å². The van der Waals surface area contributed by atoms with Gasteiger partial charge < -0.3 is 14.8 Å². The van der Waals surface area contributed by atoms with Gasteiger partial charge >= 0.3 is 12.3 Å². The van der Waals surface area contributed by atoms with Crippen molar-refractivity contribution in [2.45, 2.75) is 39.7 Å². The molecule has 3 aromatic rings. The molecule has 2 aromatic heterocycles. The molecule has 1 N–H and O–H groups in total. The number of hydrogen-bond acceptors (Lipinski definition) is 7. The van der Waals surface area contributed by atoms with Crippen molar-refractivity contribution >= 4 is 33.4 Å². The van der Waals surface area contributed by atoms with Crippen LogP contribution in [0.2, 0.25) is 0 Å². The highest BCUT2D eigenvalue weighted by Gasteiger charge is 2.32. The summed E-state index contributed by atoms with van der Waals surface area (Å²) < 4.78 is 47.5. The number of ether oxygens (including phenoxy) is 2. The van der Waals surface area contributed by atoms with Gasteiger partial charge in [-0.3, -0.25) is 19.0 Å². The van der Waals surface area contributed by atoms with E-state index in [4.69, 9.17) is 4.74 Å². The van der Waals surface area contributed by atoms with Gasteiger partial charge in [-0.1, -0.05) is 18.2 Å². The summed E-state index contributed by atoms with van der Waals surface area (Å²) >= 11 is 1.42. The molecule has 12 heteroatoms. The Morgan fingerprint density at radius 2 is 1.94 bits per heavy atom. The molecule has 1 amide bonds. The van der Waals surface area contributed by atoms with E-state index in [2.05, 4.69) is 15.0 Å². The molecule has 0 unspecified atom stereocenters. The zero-order valence-corrected chi connectivity index (χ0v) is 18.5. The number of esters is 1. The molecule has 0 aliphatic heterocycles. The van der Waals surface area contributed by atoms with Crippen LogP contribution >= 0.6 is 11.3 Å². The van der Waals surface area contributed by atoms with E-state index in [0.29, 0.717) is 10.2 Å². The van der Waals surface area contributed by atoms with Crippen molar-refractivity contribution in [3.05, 3.63) is 57.0 Å². The van der Waals surface area contributed by atoms with Gasteiger partial charge in [-0.05, 0) is 25.5 Å². The molecule has 0 aliphatic rings. The second-order valence-electron chi connectivity index (χ2n) is 7.05. The molecule has 0 saturated heterocycles. The van der Waals surface area contributed by atoms with Crippen LogP contribution in [0.15, 0.2) is 35.4 Å². The van der Waals surface area contributed by atoms with Crippen molar-refractivity contribution in [3.63, 3.8) is 0 Å². The highest BCUT2D eigenvalue weighted by Crippen LogP contribution is 2.26. The number of aromatic nitrogens is 2. The number of alkyl halides is 3. The van der Waals surface area contributed by atoms with Gasteiger partial charge in [0.05, 0.1) is 18.1 Å². The van der Waals surface area contributed by atoms with Gasteiger partial charge in [-0.15, -0.1) is 24.5 Å². The van der Waals surface area contributed by atoms with Crippen molar-refractivity contribution in [3.8, 4) is 5.75 Å². The quantitative estimate of drug-likeness (QED) is 0.494. The third kappa shape index (κ3) is 6.31. The molecule has 0 atom stereocenters. The number of halogens is 3. The van der Waals surface area contributed by atoms with Crippen LogP contribution in [0.25, 0.3) is 10.2 Å². The number of nitrogens with zero attached hydrogens (tertiary/aromatic N) is 2. The first-order valence-corrected chi connectivity index (χ1v) is 10.6. The number of para-hydroxylation sites is 1. The van der Waals surface area contributed by atoms with E-state index >= 15 is 0 Å². The maximum atomic E-state index is 12.6. The van der Waals surface area contributed by atoms with Gasteiger partial charge in [0.2, 0.25) is 0 Å². The number of rotatable bonds is 8. The third-order valence-corrected chi connectivity index (χ3v) is 5.87. The van der Waals surface area contributed by atoms with Crippen molar-refractivity contribution in [1.82, 2.24) is 14.9 Å². The molecule has 1 aromatic carbocycles. The number of amides is 1. The lowest BCUT2D eigenvalue weighted by molar-refractivity contribution is -0.274. The zero-order valence-electron chi connectivity index (χ0n) is 17.7. The van der Waals surface area contributed by atoms with E-state index in [1.807, 2.05) is 13.8 Å². The fraction of sp³-hybridized carbons (Fsp3) is 0.333. The molecular formula is C21H20F3N3O5S. The molecule has 0 saturated carbocycles. The van der Waals surface area contributed by atoms with Crippen LogP contribution in [0.1, 0.15) is 22.4 Å². The Hall–Kier alpha value is -3.41. The van der Waals surface area contributed by atoms with Crippen LogP contribution in [0.4, 0.5) is 13.2 Å². The van der Waals surface area contributed by atoms with Crippen molar-refractivity contribution in [1.29, 1.82) is 0 Å². The van der Waals surface area contributed by atoms with E-state index in [0.717, 1.165) is 16.5 Å². The van der Waals surface area contributed by atoms with E-state index in [9.17, 15) is 27.6 Å². The fourth-order valence-electron chi connectivity index (χ4n) is 2.98. The van der Waals surface area contributed by atoms with Gasteiger partial charge in [0, 0.05) is 23.5 Å². The Bertz CT molecular complexity index is 1240. The average Bonchev–Trinajstić information content (AvgIpc) is 3.04. The molecule has 0 fully saturated rings. The van der Waals surface area contributed by atoms with Gasteiger partial charge in [0.25, 0.3) is 11.5 Å². The van der Waals surface area contributed by atoms with Crippen LogP contribution in [-0.4, -0.2) is 34.4 Å². The lowest BCUT2D eigenvalue weighted by atomic mass is 10.2. The molecule has 0 bridgehead atoms. The van der Waals surface area contributed by atoms with E-state index in [-0.39, 0.29) is 30.6 Å². The van der Waals surface area contributed by atoms with E-state index in [1.54, 1.807) is 0 Å². The van der Waals surface area contributed by atoms with Crippen LogP contribution in [-0.2, 0) is 27.4 Å². The van der Waals surface area contributed by atoms with Crippen LogP contribution in [0, 0.1) is 13.8 Å². The van der Waals surface area contributed by atoms with Gasteiger partial charge in [0.15, 0.2) is 6.61 Å². The number of fused-ring (bicyclic) bond motifs is 1. The van der Waals surface area contributed by atoms with E-state index < -0.39 is 30.6 Å². The Morgan fingerprint density at radius 1 is 1.21 bits per heavy atom. The first-order chi connectivity index (χ1) is 15.5. The summed E-state index contributed by atoms with van der Waals surface area (Å²) in [5.74, 6) is -1.85. The monoisotopic (exact) mass is 483 g/mol. The number of benzene rings is 1. The van der Waals surface area contributed by atoms with Crippen molar-refractivity contribution in [2.24, 2.45) is 0 Å². The summed E-state index contributed by atoms with van der Waals surface area (Å²) in [6, 6.07) is 5.36. The molecule has 176 valence electrons. The SMILES string of the molecule is Cc1sc2ncn(CCC(=O)OCC(=O)NCc3ccccc3OC(F)(F)F)c(=O)c2c1C. The van der Waals surface area contributed by atoms with Crippen LogP contribution in [0.3, 0.4) is 0 Å². The van der Waals surface area contributed by atoms with Crippen molar-refractivity contribution < 1.29 is 32.2 Å². The number of nitrogens with one attached hydrogen (secondary N) is 1. The third-order valence-electron chi connectivity index (χ3n) is 4.75. The minimum Gasteiger partial charge on any atom is -0.456 e. The lowest BCUT2D eigenvalue weighted by Crippen LogP contribution is -2.29. The average molecular weight is 483 g/mol. The second kappa shape index (κ2) is 10.0. The maximum Gasteiger partial charge on any atom is 0.573 e. The summed E-state index contributed by atoms with van der Waals surface area (Å²) in [5, 5.41) is 2.88. The molecule has 0 spiro atoms. The minimum atomic E-state index is -4.86. The Balaban J connectivity index is 1.49. The first kappa shape index (κ1) is 24.2. The van der Waals surface area contributed by atoms with Gasteiger partial charge in [-0.25, -0.2) is 4.98 Å². The van der Waals surface area contributed by atoms with Crippen LogP contribution < -0.4 is 15.6 Å². The van der Waals surface area contributed by atoms with Gasteiger partial charge in [0.1, 0.15) is 10.6 Å². The summed E-state index contributed by atoms with van der Waals surface area (Å²) in [4.78, 5) is 42.4. The molecular weight excluding hydrogens is 463 g/mol. The smallest absolute Gasteiger partial charge is 0.456 e. The summed E-state index contributed by atoms with van der Waals surface area (Å²) in [5.41, 5.74) is 0.700. The number of aryl methyl sites for hydroxylation is 3. The second-order valence-corrected chi connectivity index (χ2v) is 8.25. The summed E-state index contributed by atoms with van der Waals surface area (Å²) in [6.45, 7) is 2.90. The zero-order chi connectivity index (χ0) is 24.2. The highest BCUT2D eigenvalue weighted by atomic mass is 32.1. The molecule has 33 heavy (non-hydrogen) atoms. The lowest BCUT2D eigenvalue weighted by Gasteiger charge is -2.13. The Labute approximate surface area is 190 Å². The molecule has 0 aliphatic carbocycles. The van der Waals surface area contributed by atoms with Crippen molar-refractivity contribution in [2.75, 3.05) is 6.61 Å². The normalized spacial score (nSPS) is 11.4. The number of hydrogen-bond donors (Lipinski definition) is 1.